The lowest BCUT2D eigenvalue weighted by Gasteiger charge is -2.10. The summed E-state index contributed by atoms with van der Waals surface area (Å²) in [4.78, 5) is 4.09. The Hall–Kier alpha value is -1.67. The normalized spacial score (nSPS) is 12.4. The second kappa shape index (κ2) is 4.24. The van der Waals surface area contributed by atoms with E-state index in [1.165, 1.54) is 0 Å². The summed E-state index contributed by atoms with van der Waals surface area (Å²) < 4.78 is 0. The molecule has 0 bridgehead atoms. The lowest BCUT2D eigenvalue weighted by Crippen LogP contribution is -1.95. The Morgan fingerprint density at radius 3 is 2.53 bits per heavy atom. The lowest BCUT2D eigenvalue weighted by atomic mass is 9.99. The maximum absolute atomic E-state index is 9.64. The number of hydrogen-bond donors (Lipinski definition) is 1. The van der Waals surface area contributed by atoms with Crippen LogP contribution in [0.15, 0.2) is 48.8 Å². The maximum Gasteiger partial charge on any atom is 0.0769 e. The number of hydrogen-bond acceptors (Lipinski definition) is 2. The standard InChI is InChI=1S/C13H13NO/c1-10(15)12-7-8-14-9-13(12)11-5-3-2-4-6-11/h2-10,15H,1H3. The average Bonchev–Trinajstić information content (AvgIpc) is 2.30. The van der Waals surface area contributed by atoms with Crippen molar-refractivity contribution in [3.8, 4) is 11.1 Å². The van der Waals surface area contributed by atoms with Gasteiger partial charge in [0.1, 0.15) is 0 Å². The molecule has 0 spiro atoms. The Morgan fingerprint density at radius 1 is 1.13 bits per heavy atom. The molecular weight excluding hydrogens is 186 g/mol. The Balaban J connectivity index is 2.53. The van der Waals surface area contributed by atoms with Crippen LogP contribution in [-0.4, -0.2) is 10.1 Å². The van der Waals surface area contributed by atoms with Gasteiger partial charge in [-0.15, -0.1) is 0 Å². The molecule has 1 N–H and O–H groups in total. The number of aliphatic hydroxyl groups is 1. The highest BCUT2D eigenvalue weighted by Gasteiger charge is 2.08. The summed E-state index contributed by atoms with van der Waals surface area (Å²) in [7, 11) is 0. The molecule has 0 aliphatic heterocycles. The SMILES string of the molecule is CC(O)c1ccncc1-c1ccccc1. The summed E-state index contributed by atoms with van der Waals surface area (Å²) in [6.07, 6.45) is 3.02. The highest BCUT2D eigenvalue weighted by atomic mass is 16.3. The number of benzene rings is 1. The van der Waals surface area contributed by atoms with Crippen molar-refractivity contribution in [2.45, 2.75) is 13.0 Å². The molecule has 1 atom stereocenters. The Kier molecular flexibility index (Phi) is 2.79. The molecule has 2 heteroatoms. The molecule has 0 aliphatic carbocycles. The summed E-state index contributed by atoms with van der Waals surface area (Å²) in [6, 6.07) is 11.8. The van der Waals surface area contributed by atoms with Gasteiger partial charge in [-0.2, -0.15) is 0 Å². The van der Waals surface area contributed by atoms with Gasteiger partial charge in [-0.25, -0.2) is 0 Å². The number of rotatable bonds is 2. The largest absolute Gasteiger partial charge is 0.389 e. The van der Waals surface area contributed by atoms with Gasteiger partial charge >= 0.3 is 0 Å². The molecule has 15 heavy (non-hydrogen) atoms. The number of nitrogens with zero attached hydrogens (tertiary/aromatic N) is 1. The summed E-state index contributed by atoms with van der Waals surface area (Å²) in [5.41, 5.74) is 2.99. The molecule has 1 aromatic carbocycles. The first-order valence-electron chi connectivity index (χ1n) is 4.96. The van der Waals surface area contributed by atoms with Crippen LogP contribution in [0.25, 0.3) is 11.1 Å². The third-order valence-corrected chi connectivity index (χ3v) is 2.39. The number of pyridine rings is 1. The van der Waals surface area contributed by atoms with Crippen molar-refractivity contribution in [2.75, 3.05) is 0 Å². The molecule has 2 nitrogen and oxygen atoms in total. The van der Waals surface area contributed by atoms with Crippen LogP contribution in [0.1, 0.15) is 18.6 Å². The van der Waals surface area contributed by atoms with Crippen molar-refractivity contribution in [2.24, 2.45) is 0 Å². The number of aliphatic hydroxyl groups excluding tert-OH is 1. The first-order chi connectivity index (χ1) is 7.29. The topological polar surface area (TPSA) is 33.1 Å². The van der Waals surface area contributed by atoms with Gasteiger partial charge in [-0.3, -0.25) is 4.98 Å². The molecule has 2 rings (SSSR count). The van der Waals surface area contributed by atoms with E-state index in [4.69, 9.17) is 0 Å². The number of aromatic nitrogens is 1. The van der Waals surface area contributed by atoms with Gasteiger partial charge < -0.3 is 5.11 Å². The molecule has 1 unspecified atom stereocenters. The molecule has 0 saturated heterocycles. The maximum atomic E-state index is 9.64. The molecule has 0 saturated carbocycles. The van der Waals surface area contributed by atoms with E-state index in [0.29, 0.717) is 0 Å². The zero-order chi connectivity index (χ0) is 10.7. The molecule has 76 valence electrons. The van der Waals surface area contributed by atoms with Gasteiger partial charge in [0.25, 0.3) is 0 Å². The quantitative estimate of drug-likeness (QED) is 0.806. The molecule has 0 amide bonds. The van der Waals surface area contributed by atoms with Crippen LogP contribution in [0.4, 0.5) is 0 Å². The fourth-order valence-corrected chi connectivity index (χ4v) is 1.63. The van der Waals surface area contributed by atoms with E-state index in [1.807, 2.05) is 36.4 Å². The zero-order valence-electron chi connectivity index (χ0n) is 8.59. The fraction of sp³-hybridized carbons (Fsp3) is 0.154. The van der Waals surface area contributed by atoms with Crippen LogP contribution in [0.2, 0.25) is 0 Å². The van der Waals surface area contributed by atoms with E-state index in [2.05, 4.69) is 4.98 Å². The minimum Gasteiger partial charge on any atom is -0.389 e. The predicted octanol–water partition coefficient (Wildman–Crippen LogP) is 2.80. The average molecular weight is 199 g/mol. The fourth-order valence-electron chi connectivity index (χ4n) is 1.63. The van der Waals surface area contributed by atoms with Crippen LogP contribution in [0, 0.1) is 0 Å². The first kappa shape index (κ1) is 9.87. The van der Waals surface area contributed by atoms with Gasteiger partial charge in [-0.1, -0.05) is 30.3 Å². The van der Waals surface area contributed by atoms with Crippen molar-refractivity contribution in [1.29, 1.82) is 0 Å². The lowest BCUT2D eigenvalue weighted by molar-refractivity contribution is 0.200. The van der Waals surface area contributed by atoms with Crippen LogP contribution in [-0.2, 0) is 0 Å². The van der Waals surface area contributed by atoms with E-state index in [9.17, 15) is 5.11 Å². The minimum atomic E-state index is -0.469. The second-order valence-electron chi connectivity index (χ2n) is 3.50. The van der Waals surface area contributed by atoms with E-state index in [-0.39, 0.29) is 0 Å². The minimum absolute atomic E-state index is 0.469. The molecule has 0 radical (unpaired) electrons. The van der Waals surface area contributed by atoms with Crippen LogP contribution >= 0.6 is 0 Å². The molecule has 1 heterocycles. The third kappa shape index (κ3) is 2.05. The van der Waals surface area contributed by atoms with Gasteiger partial charge in [0.2, 0.25) is 0 Å². The van der Waals surface area contributed by atoms with Gasteiger partial charge in [-0.05, 0) is 24.1 Å². The summed E-state index contributed by atoms with van der Waals surface area (Å²) in [5, 5.41) is 9.64. The molecule has 1 aromatic heterocycles. The summed E-state index contributed by atoms with van der Waals surface area (Å²) in [5.74, 6) is 0. The smallest absolute Gasteiger partial charge is 0.0769 e. The first-order valence-corrected chi connectivity index (χ1v) is 4.96. The second-order valence-corrected chi connectivity index (χ2v) is 3.50. The van der Waals surface area contributed by atoms with Crippen molar-refractivity contribution >= 4 is 0 Å². The van der Waals surface area contributed by atoms with Gasteiger partial charge in [0, 0.05) is 18.0 Å². The zero-order valence-corrected chi connectivity index (χ0v) is 8.59. The van der Waals surface area contributed by atoms with E-state index >= 15 is 0 Å². The summed E-state index contributed by atoms with van der Waals surface area (Å²) >= 11 is 0. The van der Waals surface area contributed by atoms with Crippen LogP contribution in [0.5, 0.6) is 0 Å². The summed E-state index contributed by atoms with van der Waals surface area (Å²) in [6.45, 7) is 1.77. The van der Waals surface area contributed by atoms with Crippen molar-refractivity contribution < 1.29 is 5.11 Å². The van der Waals surface area contributed by atoms with Crippen LogP contribution < -0.4 is 0 Å². The highest BCUT2D eigenvalue weighted by molar-refractivity contribution is 5.66. The van der Waals surface area contributed by atoms with Crippen LogP contribution in [0.3, 0.4) is 0 Å². The van der Waals surface area contributed by atoms with Crippen molar-refractivity contribution in [3.63, 3.8) is 0 Å². The Morgan fingerprint density at radius 2 is 1.87 bits per heavy atom. The Labute approximate surface area is 89.2 Å². The van der Waals surface area contributed by atoms with Gasteiger partial charge in [0.15, 0.2) is 0 Å². The van der Waals surface area contributed by atoms with E-state index in [1.54, 1.807) is 19.3 Å². The van der Waals surface area contributed by atoms with Gasteiger partial charge in [0.05, 0.1) is 6.10 Å². The molecule has 2 aromatic rings. The van der Waals surface area contributed by atoms with E-state index in [0.717, 1.165) is 16.7 Å². The predicted molar refractivity (Wildman–Crippen MR) is 60.3 cm³/mol. The molecular formula is C13H13NO. The molecule has 0 fully saturated rings. The highest BCUT2D eigenvalue weighted by Crippen LogP contribution is 2.26. The monoisotopic (exact) mass is 199 g/mol. The Bertz CT molecular complexity index is 437. The van der Waals surface area contributed by atoms with Crippen molar-refractivity contribution in [1.82, 2.24) is 4.98 Å². The molecule has 0 aliphatic rings. The van der Waals surface area contributed by atoms with E-state index < -0.39 is 6.10 Å². The van der Waals surface area contributed by atoms with Crippen molar-refractivity contribution in [3.05, 3.63) is 54.4 Å². The third-order valence-electron chi connectivity index (χ3n) is 2.39.